The average Bonchev–Trinajstić information content (AvgIpc) is 2.50. The van der Waals surface area contributed by atoms with E-state index in [0.29, 0.717) is 28.8 Å². The first-order valence-corrected chi connectivity index (χ1v) is 7.39. The standard InChI is InChI=1S/C16H14Cl2FNO2/c17-14-6-5-13(9-15(14)18)22-10-16(21)20-8-7-11-1-3-12(19)4-2-11/h1-6,9H,7-8,10H2,(H,20,21). The molecule has 0 aliphatic carbocycles. The average molecular weight is 342 g/mol. The fourth-order valence-electron chi connectivity index (χ4n) is 1.76. The quantitative estimate of drug-likeness (QED) is 0.866. The lowest BCUT2D eigenvalue weighted by atomic mass is 10.1. The summed E-state index contributed by atoms with van der Waals surface area (Å²) in [6.45, 7) is 0.344. The van der Waals surface area contributed by atoms with E-state index in [9.17, 15) is 9.18 Å². The number of carbonyl (C=O) groups is 1. The topological polar surface area (TPSA) is 38.3 Å². The van der Waals surface area contributed by atoms with Gasteiger partial charge in [0.15, 0.2) is 6.61 Å². The number of rotatable bonds is 6. The van der Waals surface area contributed by atoms with Crippen LogP contribution < -0.4 is 10.1 Å². The third-order valence-corrected chi connectivity index (χ3v) is 3.65. The number of ether oxygens (including phenoxy) is 1. The van der Waals surface area contributed by atoms with Crippen molar-refractivity contribution in [1.29, 1.82) is 0 Å². The van der Waals surface area contributed by atoms with Gasteiger partial charge in [-0.1, -0.05) is 35.3 Å². The van der Waals surface area contributed by atoms with Crippen LogP contribution in [-0.2, 0) is 11.2 Å². The Morgan fingerprint density at radius 3 is 2.50 bits per heavy atom. The lowest BCUT2D eigenvalue weighted by Gasteiger charge is -2.08. The third-order valence-electron chi connectivity index (χ3n) is 2.91. The summed E-state index contributed by atoms with van der Waals surface area (Å²) in [4.78, 5) is 11.7. The van der Waals surface area contributed by atoms with E-state index in [2.05, 4.69) is 5.32 Å². The largest absolute Gasteiger partial charge is 0.484 e. The predicted molar refractivity (Wildman–Crippen MR) is 85.1 cm³/mol. The van der Waals surface area contributed by atoms with Crippen molar-refractivity contribution < 1.29 is 13.9 Å². The van der Waals surface area contributed by atoms with Crippen molar-refractivity contribution in [3.8, 4) is 5.75 Å². The Balaban J connectivity index is 1.71. The van der Waals surface area contributed by atoms with Crippen molar-refractivity contribution in [3.05, 3.63) is 63.9 Å². The Morgan fingerprint density at radius 2 is 1.82 bits per heavy atom. The summed E-state index contributed by atoms with van der Waals surface area (Å²) in [5, 5.41) is 3.52. The van der Waals surface area contributed by atoms with Gasteiger partial charge < -0.3 is 10.1 Å². The van der Waals surface area contributed by atoms with Gasteiger partial charge in [-0.05, 0) is 36.2 Å². The zero-order chi connectivity index (χ0) is 15.9. The van der Waals surface area contributed by atoms with Crippen LogP contribution in [0.15, 0.2) is 42.5 Å². The molecule has 0 saturated heterocycles. The zero-order valence-corrected chi connectivity index (χ0v) is 13.1. The molecule has 0 atom stereocenters. The predicted octanol–water partition coefficient (Wildman–Crippen LogP) is 3.87. The summed E-state index contributed by atoms with van der Waals surface area (Å²) < 4.78 is 18.1. The molecule has 6 heteroatoms. The summed E-state index contributed by atoms with van der Waals surface area (Å²) in [5.41, 5.74) is 0.951. The number of amides is 1. The first-order valence-electron chi connectivity index (χ1n) is 6.63. The Hall–Kier alpha value is -1.78. The molecule has 3 nitrogen and oxygen atoms in total. The Morgan fingerprint density at radius 1 is 1.09 bits per heavy atom. The van der Waals surface area contributed by atoms with Crippen molar-refractivity contribution in [1.82, 2.24) is 5.32 Å². The molecule has 0 saturated carbocycles. The molecule has 1 amide bonds. The van der Waals surface area contributed by atoms with E-state index in [1.807, 2.05) is 0 Å². The van der Waals surface area contributed by atoms with Gasteiger partial charge >= 0.3 is 0 Å². The highest BCUT2D eigenvalue weighted by molar-refractivity contribution is 6.42. The highest BCUT2D eigenvalue weighted by Crippen LogP contribution is 2.26. The molecule has 0 bridgehead atoms. The van der Waals surface area contributed by atoms with Crippen LogP contribution in [0.1, 0.15) is 5.56 Å². The van der Waals surface area contributed by atoms with Gasteiger partial charge in [0.05, 0.1) is 10.0 Å². The van der Waals surface area contributed by atoms with Crippen molar-refractivity contribution in [3.63, 3.8) is 0 Å². The van der Waals surface area contributed by atoms with Crippen LogP contribution in [0.5, 0.6) is 5.75 Å². The van der Waals surface area contributed by atoms with Gasteiger partial charge in [0, 0.05) is 12.6 Å². The van der Waals surface area contributed by atoms with Crippen LogP contribution in [0, 0.1) is 5.82 Å². The molecule has 0 radical (unpaired) electrons. The normalized spacial score (nSPS) is 10.3. The van der Waals surface area contributed by atoms with Crippen LogP contribution >= 0.6 is 23.2 Å². The smallest absolute Gasteiger partial charge is 0.257 e. The maximum absolute atomic E-state index is 12.7. The minimum absolute atomic E-state index is 0.110. The summed E-state index contributed by atoms with van der Waals surface area (Å²) in [5.74, 6) is -0.0425. The van der Waals surface area contributed by atoms with E-state index in [1.54, 1.807) is 30.3 Å². The van der Waals surface area contributed by atoms with Crippen molar-refractivity contribution >= 4 is 29.1 Å². The van der Waals surface area contributed by atoms with Crippen LogP contribution in [-0.4, -0.2) is 19.1 Å². The van der Waals surface area contributed by atoms with Gasteiger partial charge in [-0.25, -0.2) is 4.39 Å². The number of benzene rings is 2. The first-order chi connectivity index (χ1) is 10.5. The molecular weight excluding hydrogens is 328 g/mol. The molecule has 0 fully saturated rings. The lowest BCUT2D eigenvalue weighted by Crippen LogP contribution is -2.30. The van der Waals surface area contributed by atoms with E-state index in [4.69, 9.17) is 27.9 Å². The molecule has 0 heterocycles. The van der Waals surface area contributed by atoms with Gasteiger partial charge in [-0.15, -0.1) is 0 Å². The van der Waals surface area contributed by atoms with E-state index in [-0.39, 0.29) is 18.3 Å². The molecule has 0 aromatic heterocycles. The SMILES string of the molecule is O=C(COc1ccc(Cl)c(Cl)c1)NCCc1ccc(F)cc1. The van der Waals surface area contributed by atoms with Crippen LogP contribution in [0.3, 0.4) is 0 Å². The van der Waals surface area contributed by atoms with E-state index in [0.717, 1.165) is 5.56 Å². The molecule has 22 heavy (non-hydrogen) atoms. The van der Waals surface area contributed by atoms with Gasteiger partial charge in [-0.3, -0.25) is 4.79 Å². The monoisotopic (exact) mass is 341 g/mol. The molecule has 2 rings (SSSR count). The van der Waals surface area contributed by atoms with E-state index >= 15 is 0 Å². The zero-order valence-electron chi connectivity index (χ0n) is 11.6. The minimum atomic E-state index is -0.275. The van der Waals surface area contributed by atoms with Crippen LogP contribution in [0.25, 0.3) is 0 Å². The Labute approximate surface area is 138 Å². The Kier molecular flexibility index (Phi) is 6.04. The number of hydrogen-bond donors (Lipinski definition) is 1. The van der Waals surface area contributed by atoms with E-state index in [1.165, 1.54) is 12.1 Å². The minimum Gasteiger partial charge on any atom is -0.484 e. The van der Waals surface area contributed by atoms with Crippen LogP contribution in [0.2, 0.25) is 10.0 Å². The maximum atomic E-state index is 12.7. The second kappa shape index (κ2) is 8.01. The second-order valence-electron chi connectivity index (χ2n) is 4.59. The molecule has 0 aliphatic heterocycles. The molecule has 0 spiro atoms. The fraction of sp³-hybridized carbons (Fsp3) is 0.188. The third kappa shape index (κ3) is 5.20. The summed E-state index contributed by atoms with van der Waals surface area (Å²) in [7, 11) is 0. The summed E-state index contributed by atoms with van der Waals surface area (Å²) in [6, 6.07) is 11.0. The molecule has 1 N–H and O–H groups in total. The number of carbonyl (C=O) groups excluding carboxylic acids is 1. The fourth-order valence-corrected chi connectivity index (χ4v) is 2.05. The van der Waals surface area contributed by atoms with Crippen molar-refractivity contribution in [2.45, 2.75) is 6.42 Å². The second-order valence-corrected chi connectivity index (χ2v) is 5.41. The molecule has 0 aliphatic rings. The molecule has 0 unspecified atom stereocenters. The molecule has 2 aromatic rings. The molecule has 116 valence electrons. The van der Waals surface area contributed by atoms with Gasteiger partial charge in [0.25, 0.3) is 5.91 Å². The highest BCUT2D eigenvalue weighted by atomic mass is 35.5. The summed E-state index contributed by atoms with van der Waals surface area (Å²) >= 11 is 11.6. The first kappa shape index (κ1) is 16.6. The van der Waals surface area contributed by atoms with Gasteiger partial charge in [0.1, 0.15) is 11.6 Å². The van der Waals surface area contributed by atoms with Crippen LogP contribution in [0.4, 0.5) is 4.39 Å². The van der Waals surface area contributed by atoms with Crippen molar-refractivity contribution in [2.75, 3.05) is 13.2 Å². The molecule has 2 aromatic carbocycles. The summed E-state index contributed by atoms with van der Waals surface area (Å²) in [6.07, 6.45) is 0.624. The lowest BCUT2D eigenvalue weighted by molar-refractivity contribution is -0.123. The number of halogens is 3. The number of nitrogens with one attached hydrogen (secondary N) is 1. The van der Waals surface area contributed by atoms with Gasteiger partial charge in [-0.2, -0.15) is 0 Å². The highest BCUT2D eigenvalue weighted by Gasteiger charge is 2.04. The maximum Gasteiger partial charge on any atom is 0.257 e. The van der Waals surface area contributed by atoms with Gasteiger partial charge in [0.2, 0.25) is 0 Å². The number of hydrogen-bond acceptors (Lipinski definition) is 2. The van der Waals surface area contributed by atoms with Crippen molar-refractivity contribution in [2.24, 2.45) is 0 Å². The molecular formula is C16H14Cl2FNO2. The Bertz CT molecular complexity index is 647. The van der Waals surface area contributed by atoms with E-state index < -0.39 is 0 Å².